The maximum Gasteiger partial charge on any atom is 0.264 e. The molecule has 0 unspecified atom stereocenters. The fourth-order valence-corrected chi connectivity index (χ4v) is 5.67. The number of hydrogen-bond donors (Lipinski definition) is 1. The summed E-state index contributed by atoms with van der Waals surface area (Å²) in [6.45, 7) is 5.97. The van der Waals surface area contributed by atoms with Crippen molar-refractivity contribution in [3.63, 3.8) is 0 Å². The Hall–Kier alpha value is -3.56. The lowest BCUT2D eigenvalue weighted by Crippen LogP contribution is -2.52. The molecule has 0 aliphatic carbocycles. The summed E-state index contributed by atoms with van der Waals surface area (Å²) in [6.07, 6.45) is 0.359. The summed E-state index contributed by atoms with van der Waals surface area (Å²) in [4.78, 5) is 28.3. The second kappa shape index (κ2) is 14.0. The van der Waals surface area contributed by atoms with Crippen LogP contribution >= 0.6 is 11.6 Å². The second-order valence-corrected chi connectivity index (χ2v) is 11.0. The molecule has 0 radical (unpaired) electrons. The molecular weight excluding hydrogens is 538 g/mol. The van der Waals surface area contributed by atoms with E-state index >= 15 is 0 Å². The van der Waals surface area contributed by atoms with Gasteiger partial charge in [0, 0.05) is 18.1 Å². The molecule has 0 bridgehead atoms. The molecule has 0 fully saturated rings. The standard InChI is InChI=1S/C29H34ClN3O5S/c1-4-27(29(35)31-5-2)32(20-22-10-8-7-9-11-22)28(34)21-33(24-14-16-25(17-15-24)38-6-3)39(36,37)26-18-12-23(30)13-19-26/h7-19,27H,4-6,20-21H2,1-3H3,(H,31,35)/t27-/m1/s1. The summed E-state index contributed by atoms with van der Waals surface area (Å²) in [5, 5.41) is 3.18. The van der Waals surface area contributed by atoms with Gasteiger partial charge in [0.15, 0.2) is 0 Å². The quantitative estimate of drug-likeness (QED) is 0.315. The summed E-state index contributed by atoms with van der Waals surface area (Å²) in [6, 6.07) is 20.8. The lowest BCUT2D eigenvalue weighted by Gasteiger charge is -2.33. The largest absolute Gasteiger partial charge is 0.494 e. The number of nitrogens with zero attached hydrogens (tertiary/aromatic N) is 2. The number of anilines is 1. The van der Waals surface area contributed by atoms with Crippen molar-refractivity contribution in [2.75, 3.05) is 24.0 Å². The normalized spacial score (nSPS) is 11.9. The molecule has 0 saturated carbocycles. The van der Waals surface area contributed by atoms with E-state index in [-0.39, 0.29) is 23.0 Å². The minimum atomic E-state index is -4.17. The molecule has 0 aliphatic heterocycles. The first-order valence-electron chi connectivity index (χ1n) is 12.8. The third-order valence-corrected chi connectivity index (χ3v) is 8.09. The first-order chi connectivity index (χ1) is 18.7. The maximum atomic E-state index is 13.9. The van der Waals surface area contributed by atoms with Crippen molar-refractivity contribution in [3.05, 3.63) is 89.4 Å². The van der Waals surface area contributed by atoms with Crippen LogP contribution in [0.2, 0.25) is 5.02 Å². The number of sulfonamides is 1. The van der Waals surface area contributed by atoms with Gasteiger partial charge in [0.1, 0.15) is 18.3 Å². The van der Waals surface area contributed by atoms with Crippen molar-refractivity contribution in [3.8, 4) is 5.75 Å². The summed E-state index contributed by atoms with van der Waals surface area (Å²) < 4.78 is 34.3. The Balaban J connectivity index is 2.04. The summed E-state index contributed by atoms with van der Waals surface area (Å²) >= 11 is 5.99. The molecule has 208 valence electrons. The molecule has 8 nitrogen and oxygen atoms in total. The molecule has 0 heterocycles. The van der Waals surface area contributed by atoms with Crippen LogP contribution in [-0.2, 0) is 26.2 Å². The van der Waals surface area contributed by atoms with Crippen LogP contribution in [0.15, 0.2) is 83.8 Å². The topological polar surface area (TPSA) is 96.0 Å². The van der Waals surface area contributed by atoms with E-state index in [9.17, 15) is 18.0 Å². The molecule has 3 aromatic carbocycles. The van der Waals surface area contributed by atoms with Gasteiger partial charge in [-0.15, -0.1) is 0 Å². The van der Waals surface area contributed by atoms with Gasteiger partial charge in [-0.25, -0.2) is 8.42 Å². The number of rotatable bonds is 13. The molecular formula is C29H34ClN3O5S. The van der Waals surface area contributed by atoms with E-state index in [0.29, 0.717) is 30.3 Å². The van der Waals surface area contributed by atoms with E-state index in [0.717, 1.165) is 9.87 Å². The Morgan fingerprint density at radius 3 is 2.13 bits per heavy atom. The van der Waals surface area contributed by atoms with E-state index < -0.39 is 28.5 Å². The van der Waals surface area contributed by atoms with E-state index in [2.05, 4.69) is 5.32 Å². The van der Waals surface area contributed by atoms with Crippen molar-refractivity contribution in [2.45, 2.75) is 44.7 Å². The highest BCUT2D eigenvalue weighted by atomic mass is 35.5. The Morgan fingerprint density at radius 1 is 0.923 bits per heavy atom. The second-order valence-electron chi connectivity index (χ2n) is 8.72. The van der Waals surface area contributed by atoms with Crippen molar-refractivity contribution >= 4 is 39.1 Å². The van der Waals surface area contributed by atoms with Crippen LogP contribution in [0, 0.1) is 0 Å². The van der Waals surface area contributed by atoms with Crippen molar-refractivity contribution in [2.24, 2.45) is 0 Å². The highest BCUT2D eigenvalue weighted by Gasteiger charge is 2.33. The Morgan fingerprint density at radius 2 is 1.56 bits per heavy atom. The highest BCUT2D eigenvalue weighted by Crippen LogP contribution is 2.27. The summed E-state index contributed by atoms with van der Waals surface area (Å²) in [5.41, 5.74) is 1.11. The first-order valence-corrected chi connectivity index (χ1v) is 14.6. The van der Waals surface area contributed by atoms with E-state index in [1.165, 1.54) is 29.2 Å². The molecule has 3 aromatic rings. The van der Waals surface area contributed by atoms with Crippen LogP contribution in [-0.4, -0.2) is 50.9 Å². The van der Waals surface area contributed by atoms with Gasteiger partial charge >= 0.3 is 0 Å². The fraction of sp³-hybridized carbons (Fsp3) is 0.310. The number of amides is 2. The minimum absolute atomic E-state index is 0.0149. The number of halogens is 1. The molecule has 10 heteroatoms. The van der Waals surface area contributed by atoms with Crippen LogP contribution in [0.4, 0.5) is 5.69 Å². The van der Waals surface area contributed by atoms with Gasteiger partial charge in [-0.05, 0) is 74.4 Å². The number of carbonyl (C=O) groups is 2. The van der Waals surface area contributed by atoms with Gasteiger partial charge in [0.05, 0.1) is 17.2 Å². The molecule has 2 amide bonds. The number of carbonyl (C=O) groups excluding carboxylic acids is 2. The van der Waals surface area contributed by atoms with Gasteiger partial charge in [-0.3, -0.25) is 13.9 Å². The lowest BCUT2D eigenvalue weighted by atomic mass is 10.1. The third kappa shape index (κ3) is 7.74. The van der Waals surface area contributed by atoms with Gasteiger partial charge in [-0.1, -0.05) is 48.9 Å². The third-order valence-electron chi connectivity index (χ3n) is 6.05. The van der Waals surface area contributed by atoms with Gasteiger partial charge in [-0.2, -0.15) is 0 Å². The lowest BCUT2D eigenvalue weighted by molar-refractivity contribution is -0.140. The highest BCUT2D eigenvalue weighted by molar-refractivity contribution is 7.92. The van der Waals surface area contributed by atoms with Crippen LogP contribution in [0.3, 0.4) is 0 Å². The number of nitrogens with one attached hydrogen (secondary N) is 1. The molecule has 39 heavy (non-hydrogen) atoms. The van der Waals surface area contributed by atoms with Gasteiger partial charge < -0.3 is 15.0 Å². The van der Waals surface area contributed by atoms with Crippen molar-refractivity contribution in [1.29, 1.82) is 0 Å². The zero-order valence-electron chi connectivity index (χ0n) is 22.3. The molecule has 0 aliphatic rings. The number of benzene rings is 3. The van der Waals surface area contributed by atoms with Crippen molar-refractivity contribution < 1.29 is 22.7 Å². The Kier molecular flexibility index (Phi) is 10.8. The number of likely N-dealkylation sites (N-methyl/N-ethyl adjacent to an activating group) is 1. The predicted octanol–water partition coefficient (Wildman–Crippen LogP) is 4.88. The molecule has 3 rings (SSSR count). The smallest absolute Gasteiger partial charge is 0.264 e. The molecule has 1 atom stereocenters. The molecule has 0 aromatic heterocycles. The van der Waals surface area contributed by atoms with E-state index in [4.69, 9.17) is 16.3 Å². The SMILES string of the molecule is CCNC(=O)[C@@H](CC)N(Cc1ccccc1)C(=O)CN(c1ccc(OCC)cc1)S(=O)(=O)c1ccc(Cl)cc1. The Bertz CT molecular complexity index is 1330. The number of ether oxygens (including phenoxy) is 1. The zero-order chi connectivity index (χ0) is 28.4. The first kappa shape index (κ1) is 30.0. The maximum absolute atomic E-state index is 13.9. The fourth-order valence-electron chi connectivity index (χ4n) is 4.13. The molecule has 0 spiro atoms. The summed E-state index contributed by atoms with van der Waals surface area (Å²) in [7, 11) is -4.17. The molecule has 1 N–H and O–H groups in total. The van der Waals surface area contributed by atoms with Crippen LogP contribution in [0.1, 0.15) is 32.8 Å². The van der Waals surface area contributed by atoms with Crippen molar-refractivity contribution in [1.82, 2.24) is 10.2 Å². The number of hydrogen-bond acceptors (Lipinski definition) is 5. The average Bonchev–Trinajstić information content (AvgIpc) is 2.93. The van der Waals surface area contributed by atoms with Crippen LogP contribution in [0.25, 0.3) is 0 Å². The zero-order valence-corrected chi connectivity index (χ0v) is 23.9. The average molecular weight is 572 g/mol. The monoisotopic (exact) mass is 571 g/mol. The molecule has 0 saturated heterocycles. The van der Waals surface area contributed by atoms with E-state index in [1.807, 2.05) is 44.2 Å². The van der Waals surface area contributed by atoms with Gasteiger partial charge in [0.2, 0.25) is 11.8 Å². The van der Waals surface area contributed by atoms with Crippen LogP contribution < -0.4 is 14.4 Å². The Labute approximate surface area is 235 Å². The van der Waals surface area contributed by atoms with Crippen LogP contribution in [0.5, 0.6) is 5.75 Å². The minimum Gasteiger partial charge on any atom is -0.494 e. The van der Waals surface area contributed by atoms with E-state index in [1.54, 1.807) is 31.2 Å². The summed E-state index contributed by atoms with van der Waals surface area (Å²) in [5.74, 6) is -0.231. The predicted molar refractivity (Wildman–Crippen MR) is 153 cm³/mol. The van der Waals surface area contributed by atoms with Gasteiger partial charge in [0.25, 0.3) is 10.0 Å².